The molecule has 0 saturated heterocycles. The monoisotopic (exact) mass is 355 g/mol. The number of alkyl halides is 11. The number of hydrogen-bond acceptors (Lipinski definition) is 1. The minimum Gasteiger partial charge on any atom is -0.322 e. The van der Waals surface area contributed by atoms with E-state index in [-0.39, 0.29) is 12.8 Å². The lowest BCUT2D eigenvalue weighted by Gasteiger charge is -2.41. The van der Waals surface area contributed by atoms with Gasteiger partial charge in [0, 0.05) is 0 Å². The third-order valence-corrected chi connectivity index (χ3v) is 2.97. The van der Waals surface area contributed by atoms with E-state index in [1.807, 2.05) is 0 Å². The van der Waals surface area contributed by atoms with E-state index in [0.717, 1.165) is 0 Å². The Balaban J connectivity index is 6.02. The Kier molecular flexibility index (Phi) is 5.78. The van der Waals surface area contributed by atoms with E-state index >= 15 is 0 Å². The predicted octanol–water partition coefficient (Wildman–Crippen LogP) is 4.61. The zero-order valence-electron chi connectivity index (χ0n) is 10.9. The molecule has 134 valence electrons. The SMILES string of the molecule is CCCCC(N)C(F)(F)C(F)(F)C(F)(C(F)(F)F)C(F)(F)F. The molecule has 0 aliphatic rings. The molecule has 0 aromatic rings. The van der Waals surface area contributed by atoms with Gasteiger partial charge in [-0.25, -0.2) is 4.39 Å². The van der Waals surface area contributed by atoms with Crippen molar-refractivity contribution in [1.29, 1.82) is 0 Å². The molecule has 0 fully saturated rings. The summed E-state index contributed by atoms with van der Waals surface area (Å²) in [5, 5.41) is 0. The summed E-state index contributed by atoms with van der Waals surface area (Å²) in [5.41, 5.74) is -2.85. The van der Waals surface area contributed by atoms with Crippen molar-refractivity contribution in [3.8, 4) is 0 Å². The Labute approximate surface area is 117 Å². The van der Waals surface area contributed by atoms with Gasteiger partial charge in [0.1, 0.15) is 0 Å². The first kappa shape index (κ1) is 21.2. The third kappa shape index (κ3) is 3.11. The fraction of sp³-hybridized carbons (Fsp3) is 1.00. The summed E-state index contributed by atoms with van der Waals surface area (Å²) >= 11 is 0. The van der Waals surface area contributed by atoms with E-state index in [1.165, 1.54) is 6.92 Å². The summed E-state index contributed by atoms with van der Waals surface area (Å²) in [6, 6.07) is -3.08. The van der Waals surface area contributed by atoms with Gasteiger partial charge in [-0.3, -0.25) is 0 Å². The predicted molar refractivity (Wildman–Crippen MR) is 53.3 cm³/mol. The van der Waals surface area contributed by atoms with Crippen LogP contribution in [0.3, 0.4) is 0 Å². The lowest BCUT2D eigenvalue weighted by Crippen LogP contribution is -2.73. The van der Waals surface area contributed by atoms with Crippen LogP contribution in [0.15, 0.2) is 0 Å². The second-order valence-corrected chi connectivity index (χ2v) is 4.60. The first-order chi connectivity index (χ1) is 9.48. The van der Waals surface area contributed by atoms with Gasteiger partial charge in [-0.1, -0.05) is 19.8 Å². The quantitative estimate of drug-likeness (QED) is 0.692. The minimum atomic E-state index is -7.43. The average molecular weight is 355 g/mol. The van der Waals surface area contributed by atoms with Crippen molar-refractivity contribution >= 4 is 0 Å². The molecular formula is C10H12F11N. The Hall–Kier alpha value is -0.810. The maximum absolute atomic E-state index is 13.4. The Morgan fingerprint density at radius 3 is 1.41 bits per heavy atom. The van der Waals surface area contributed by atoms with Crippen LogP contribution in [0.25, 0.3) is 0 Å². The molecule has 0 aliphatic carbocycles. The van der Waals surface area contributed by atoms with Crippen LogP contribution in [0.1, 0.15) is 26.2 Å². The molecule has 0 aromatic carbocycles. The summed E-state index contributed by atoms with van der Waals surface area (Å²) in [5.74, 6) is -13.2. The normalized spacial score (nSPS) is 16.8. The number of hydrogen-bond donors (Lipinski definition) is 1. The van der Waals surface area contributed by atoms with Crippen molar-refractivity contribution in [2.24, 2.45) is 5.73 Å². The second-order valence-electron chi connectivity index (χ2n) is 4.60. The number of nitrogens with two attached hydrogens (primary N) is 1. The van der Waals surface area contributed by atoms with Gasteiger partial charge >= 0.3 is 29.9 Å². The molecular weight excluding hydrogens is 343 g/mol. The summed E-state index contributed by atoms with van der Waals surface area (Å²) in [6.07, 6.45) is -15.8. The molecule has 1 nitrogen and oxygen atoms in total. The molecule has 2 N–H and O–H groups in total. The van der Waals surface area contributed by atoms with Crippen LogP contribution < -0.4 is 5.73 Å². The van der Waals surface area contributed by atoms with Gasteiger partial charge in [-0.15, -0.1) is 0 Å². The number of unbranched alkanes of at least 4 members (excludes halogenated alkanes) is 1. The maximum atomic E-state index is 13.4. The molecule has 0 bridgehead atoms. The summed E-state index contributed by atoms with van der Waals surface area (Å²) in [4.78, 5) is 0. The molecule has 12 heteroatoms. The van der Waals surface area contributed by atoms with Gasteiger partial charge in [0.05, 0.1) is 6.04 Å². The fourth-order valence-electron chi connectivity index (χ4n) is 1.58. The van der Waals surface area contributed by atoms with Crippen molar-refractivity contribution in [3.63, 3.8) is 0 Å². The summed E-state index contributed by atoms with van der Waals surface area (Å²) in [7, 11) is 0. The molecule has 0 radical (unpaired) electrons. The molecule has 22 heavy (non-hydrogen) atoms. The van der Waals surface area contributed by atoms with Crippen molar-refractivity contribution < 1.29 is 48.3 Å². The minimum absolute atomic E-state index is 0.106. The zero-order valence-corrected chi connectivity index (χ0v) is 10.9. The lowest BCUT2D eigenvalue weighted by atomic mass is 9.86. The average Bonchev–Trinajstić information content (AvgIpc) is 2.31. The van der Waals surface area contributed by atoms with Crippen molar-refractivity contribution in [2.75, 3.05) is 0 Å². The van der Waals surface area contributed by atoms with Gasteiger partial charge in [-0.05, 0) is 6.42 Å². The summed E-state index contributed by atoms with van der Waals surface area (Å²) in [6.45, 7) is 1.38. The highest BCUT2D eigenvalue weighted by Crippen LogP contribution is 2.59. The van der Waals surface area contributed by atoms with E-state index in [1.54, 1.807) is 0 Å². The Morgan fingerprint density at radius 2 is 1.14 bits per heavy atom. The standard InChI is InChI=1S/C10H12F11N/c1-2-3-4-5(22)6(11,12)8(14,15)7(13,9(16,17)18)10(19,20)21/h5H,2-4,22H2,1H3. The smallest absolute Gasteiger partial charge is 0.322 e. The van der Waals surface area contributed by atoms with Gasteiger partial charge in [-0.2, -0.15) is 43.9 Å². The summed E-state index contributed by atoms with van der Waals surface area (Å²) < 4.78 is 140. The van der Waals surface area contributed by atoms with Crippen LogP contribution in [0, 0.1) is 0 Å². The van der Waals surface area contributed by atoms with Gasteiger partial charge in [0.25, 0.3) is 0 Å². The first-order valence-electron chi connectivity index (χ1n) is 5.82. The molecule has 1 atom stereocenters. The van der Waals surface area contributed by atoms with Crippen LogP contribution in [-0.4, -0.2) is 35.9 Å². The third-order valence-electron chi connectivity index (χ3n) is 2.97. The number of halogens is 11. The topological polar surface area (TPSA) is 26.0 Å². The molecule has 0 aromatic heterocycles. The molecule has 0 saturated carbocycles. The Bertz CT molecular complexity index is 356. The van der Waals surface area contributed by atoms with Crippen molar-refractivity contribution in [1.82, 2.24) is 0 Å². The molecule has 0 heterocycles. The first-order valence-corrected chi connectivity index (χ1v) is 5.82. The zero-order chi connectivity index (χ0) is 18.2. The van der Waals surface area contributed by atoms with Gasteiger partial charge in [0.2, 0.25) is 0 Å². The van der Waals surface area contributed by atoms with E-state index in [4.69, 9.17) is 0 Å². The molecule has 0 amide bonds. The van der Waals surface area contributed by atoms with Crippen molar-refractivity contribution in [2.45, 2.75) is 62.1 Å². The van der Waals surface area contributed by atoms with Crippen LogP contribution in [0.2, 0.25) is 0 Å². The Morgan fingerprint density at radius 1 is 0.773 bits per heavy atom. The van der Waals surface area contributed by atoms with E-state index in [9.17, 15) is 48.3 Å². The van der Waals surface area contributed by atoms with E-state index in [0.29, 0.717) is 0 Å². The molecule has 0 spiro atoms. The van der Waals surface area contributed by atoms with Crippen LogP contribution >= 0.6 is 0 Å². The second kappa shape index (κ2) is 6.00. The lowest BCUT2D eigenvalue weighted by molar-refractivity contribution is -0.428. The maximum Gasteiger partial charge on any atom is 0.438 e. The van der Waals surface area contributed by atoms with Gasteiger partial charge < -0.3 is 5.73 Å². The fourth-order valence-corrected chi connectivity index (χ4v) is 1.58. The molecule has 0 aliphatic heterocycles. The van der Waals surface area contributed by atoms with Crippen LogP contribution in [0.4, 0.5) is 48.3 Å². The van der Waals surface area contributed by atoms with Crippen LogP contribution in [-0.2, 0) is 0 Å². The van der Waals surface area contributed by atoms with Crippen molar-refractivity contribution in [3.05, 3.63) is 0 Å². The van der Waals surface area contributed by atoms with E-state index in [2.05, 4.69) is 5.73 Å². The molecule has 1 unspecified atom stereocenters. The largest absolute Gasteiger partial charge is 0.438 e. The molecule has 0 rings (SSSR count). The van der Waals surface area contributed by atoms with Gasteiger partial charge in [0.15, 0.2) is 0 Å². The number of rotatable bonds is 6. The van der Waals surface area contributed by atoms with Crippen LogP contribution in [0.5, 0.6) is 0 Å². The highest BCUT2D eigenvalue weighted by atomic mass is 19.4. The highest BCUT2D eigenvalue weighted by Gasteiger charge is 2.90. The highest BCUT2D eigenvalue weighted by molar-refractivity contribution is 5.13. The van der Waals surface area contributed by atoms with E-state index < -0.39 is 42.3 Å².